The van der Waals surface area contributed by atoms with Crippen LogP contribution in [0.25, 0.3) is 0 Å². The lowest BCUT2D eigenvalue weighted by Crippen LogP contribution is -2.36. The third-order valence-electron chi connectivity index (χ3n) is 5.72. The molecule has 0 spiro atoms. The molecule has 3 heterocycles. The number of urea groups is 1. The minimum absolute atomic E-state index is 0.0223. The van der Waals surface area contributed by atoms with E-state index in [0.29, 0.717) is 22.7 Å². The molecule has 7 nitrogen and oxygen atoms in total. The number of nitrogens with zero attached hydrogens (tertiary/aromatic N) is 2. The van der Waals surface area contributed by atoms with E-state index in [9.17, 15) is 9.59 Å². The van der Waals surface area contributed by atoms with Gasteiger partial charge in [-0.3, -0.25) is 4.79 Å². The third-order valence-corrected chi connectivity index (χ3v) is 8.23. The van der Waals surface area contributed by atoms with Crippen molar-refractivity contribution < 1.29 is 9.59 Å². The molecular weight excluding hydrogens is 382 g/mol. The van der Waals surface area contributed by atoms with Crippen molar-refractivity contribution in [3.05, 3.63) is 5.01 Å². The second-order valence-corrected chi connectivity index (χ2v) is 9.98. The Labute approximate surface area is 167 Å². The summed E-state index contributed by atoms with van der Waals surface area (Å²) in [5.41, 5.74) is 0. The van der Waals surface area contributed by atoms with E-state index >= 15 is 0 Å². The molecule has 1 aliphatic carbocycles. The van der Waals surface area contributed by atoms with Crippen LogP contribution in [0.15, 0.2) is 0 Å². The second-order valence-electron chi connectivity index (χ2n) is 7.70. The highest BCUT2D eigenvalue weighted by atomic mass is 32.2. The molecule has 3 aliphatic rings. The van der Waals surface area contributed by atoms with E-state index in [1.54, 1.807) is 0 Å². The Morgan fingerprint density at radius 3 is 2.85 bits per heavy atom. The quantitative estimate of drug-likeness (QED) is 0.474. The van der Waals surface area contributed by atoms with Crippen LogP contribution >= 0.6 is 23.1 Å². The van der Waals surface area contributed by atoms with Gasteiger partial charge in [0, 0.05) is 23.3 Å². The Bertz CT molecular complexity index is 676. The number of nitrogens with one attached hydrogen (secondary N) is 3. The van der Waals surface area contributed by atoms with Gasteiger partial charge in [-0.15, -0.1) is 10.2 Å². The van der Waals surface area contributed by atoms with Gasteiger partial charge >= 0.3 is 6.03 Å². The summed E-state index contributed by atoms with van der Waals surface area (Å²) in [4.78, 5) is 23.6. The largest absolute Gasteiger partial charge is 0.332 e. The van der Waals surface area contributed by atoms with Crippen molar-refractivity contribution in [3.8, 4) is 0 Å². The summed E-state index contributed by atoms with van der Waals surface area (Å²) in [6.45, 7) is 0. The first-order valence-electron chi connectivity index (χ1n) is 10.0. The van der Waals surface area contributed by atoms with Gasteiger partial charge in [-0.25, -0.2) is 4.79 Å². The van der Waals surface area contributed by atoms with Crippen LogP contribution in [-0.2, 0) is 4.79 Å². The maximum absolute atomic E-state index is 12.2. The fraction of sp³-hybridized carbons (Fsp3) is 0.778. The normalized spacial score (nSPS) is 27.9. The number of unbranched alkanes of at least 4 members (excludes halogenated alkanes) is 1. The zero-order chi connectivity index (χ0) is 18.6. The summed E-state index contributed by atoms with van der Waals surface area (Å²) >= 11 is 3.45. The van der Waals surface area contributed by atoms with Crippen LogP contribution in [0, 0.1) is 0 Å². The summed E-state index contributed by atoms with van der Waals surface area (Å²) in [6, 6.07) is 0.474. The van der Waals surface area contributed by atoms with E-state index in [2.05, 4.69) is 26.1 Å². The van der Waals surface area contributed by atoms with E-state index in [1.807, 2.05) is 11.8 Å². The highest BCUT2D eigenvalue weighted by Gasteiger charge is 2.42. The summed E-state index contributed by atoms with van der Waals surface area (Å²) in [7, 11) is 0. The minimum atomic E-state index is -0.0423. The molecule has 0 unspecified atom stereocenters. The molecule has 3 atom stereocenters. The van der Waals surface area contributed by atoms with Crippen LogP contribution in [0.4, 0.5) is 9.93 Å². The Morgan fingerprint density at radius 2 is 2.00 bits per heavy atom. The van der Waals surface area contributed by atoms with Gasteiger partial charge in [0.15, 0.2) is 0 Å². The van der Waals surface area contributed by atoms with Crippen molar-refractivity contribution in [2.24, 2.45) is 0 Å². The third kappa shape index (κ3) is 4.74. The van der Waals surface area contributed by atoms with Crippen LogP contribution in [0.1, 0.15) is 68.7 Å². The van der Waals surface area contributed by atoms with E-state index in [4.69, 9.17) is 0 Å². The first kappa shape index (κ1) is 19.0. The highest BCUT2D eigenvalue weighted by molar-refractivity contribution is 8.00. The number of hydrogen-bond donors (Lipinski definition) is 3. The zero-order valence-electron chi connectivity index (χ0n) is 15.4. The molecule has 27 heavy (non-hydrogen) atoms. The van der Waals surface area contributed by atoms with Gasteiger partial charge in [0.1, 0.15) is 5.01 Å². The van der Waals surface area contributed by atoms with Crippen molar-refractivity contribution in [1.29, 1.82) is 0 Å². The topological polar surface area (TPSA) is 96.0 Å². The van der Waals surface area contributed by atoms with Gasteiger partial charge in [0.05, 0.1) is 12.1 Å². The Kier molecular flexibility index (Phi) is 6.17. The van der Waals surface area contributed by atoms with Crippen LogP contribution in [0.3, 0.4) is 0 Å². The number of rotatable bonds is 7. The first-order valence-corrected chi connectivity index (χ1v) is 11.9. The molecule has 4 rings (SSSR count). The monoisotopic (exact) mass is 409 g/mol. The predicted octanol–water partition coefficient (Wildman–Crippen LogP) is 3.25. The molecule has 3 N–H and O–H groups in total. The number of carbonyl (C=O) groups is 2. The molecular formula is C18H27N5O2S2. The number of amides is 3. The van der Waals surface area contributed by atoms with E-state index < -0.39 is 0 Å². The predicted molar refractivity (Wildman–Crippen MR) is 108 cm³/mol. The van der Waals surface area contributed by atoms with E-state index in [0.717, 1.165) is 30.0 Å². The number of thioether (sulfide) groups is 1. The van der Waals surface area contributed by atoms with Crippen molar-refractivity contribution in [2.45, 2.75) is 81.0 Å². The molecule has 0 bridgehead atoms. The van der Waals surface area contributed by atoms with Gasteiger partial charge in [0.25, 0.3) is 0 Å². The summed E-state index contributed by atoms with van der Waals surface area (Å²) in [6.07, 6.45) is 9.64. The molecule has 148 valence electrons. The molecule has 3 amide bonds. The summed E-state index contributed by atoms with van der Waals surface area (Å²) in [5, 5.41) is 19.5. The lowest BCUT2D eigenvalue weighted by molar-refractivity contribution is -0.116. The maximum Gasteiger partial charge on any atom is 0.315 e. The fourth-order valence-corrected chi connectivity index (χ4v) is 6.73. The number of aromatic nitrogens is 2. The molecule has 2 saturated heterocycles. The number of fused-ring (bicyclic) bond motifs is 1. The average molecular weight is 410 g/mol. The standard InChI is InChI=1S/C18H27N5O2S2/c24-14(20-18-23-22-16(27-18)11-6-2-1-3-7-11)9-5-4-8-13-15-12(10-26-13)19-17(25)21-15/h11-13,15H,1-10H2,(H2,19,21,25)(H,20,23,24)/t12-,13-,15+/m0/s1. The molecule has 1 saturated carbocycles. The zero-order valence-corrected chi connectivity index (χ0v) is 17.0. The lowest BCUT2D eigenvalue weighted by atomic mass is 9.90. The van der Waals surface area contributed by atoms with Gasteiger partial charge in [-0.2, -0.15) is 11.8 Å². The molecule has 0 aromatic carbocycles. The van der Waals surface area contributed by atoms with Gasteiger partial charge < -0.3 is 16.0 Å². The Hall–Kier alpha value is -1.35. The highest BCUT2D eigenvalue weighted by Crippen LogP contribution is 2.35. The maximum atomic E-state index is 12.2. The molecule has 1 aromatic heterocycles. The van der Waals surface area contributed by atoms with Crippen molar-refractivity contribution in [2.75, 3.05) is 11.1 Å². The number of carbonyl (C=O) groups excluding carboxylic acids is 2. The van der Waals surface area contributed by atoms with Crippen molar-refractivity contribution >= 4 is 40.2 Å². The fourth-order valence-electron chi connectivity index (χ4n) is 4.26. The van der Waals surface area contributed by atoms with Crippen LogP contribution < -0.4 is 16.0 Å². The van der Waals surface area contributed by atoms with Crippen molar-refractivity contribution in [1.82, 2.24) is 20.8 Å². The van der Waals surface area contributed by atoms with Crippen LogP contribution in [-0.4, -0.2) is 45.2 Å². The first-order chi connectivity index (χ1) is 13.2. The van der Waals surface area contributed by atoms with E-state index in [-0.39, 0.29) is 24.0 Å². The average Bonchev–Trinajstić information content (AvgIpc) is 3.36. The van der Waals surface area contributed by atoms with Crippen LogP contribution in [0.2, 0.25) is 0 Å². The smallest absolute Gasteiger partial charge is 0.315 e. The number of anilines is 1. The molecule has 3 fully saturated rings. The van der Waals surface area contributed by atoms with Gasteiger partial charge in [-0.05, 0) is 25.7 Å². The number of hydrogen-bond acceptors (Lipinski definition) is 6. The van der Waals surface area contributed by atoms with Crippen LogP contribution in [0.5, 0.6) is 0 Å². The molecule has 1 aromatic rings. The Morgan fingerprint density at radius 1 is 1.15 bits per heavy atom. The van der Waals surface area contributed by atoms with E-state index in [1.165, 1.54) is 43.4 Å². The van der Waals surface area contributed by atoms with Gasteiger partial charge in [-0.1, -0.05) is 37.0 Å². The Balaban J connectivity index is 1.15. The van der Waals surface area contributed by atoms with Crippen molar-refractivity contribution in [3.63, 3.8) is 0 Å². The second kappa shape index (κ2) is 8.77. The SMILES string of the molecule is O=C(CCCC[C@@H]1SC[C@@H]2NC(=O)N[C@H]21)Nc1nnc(C2CCCCC2)s1. The molecule has 9 heteroatoms. The molecule has 0 radical (unpaired) electrons. The summed E-state index contributed by atoms with van der Waals surface area (Å²) < 4.78 is 0. The molecule has 2 aliphatic heterocycles. The minimum Gasteiger partial charge on any atom is -0.332 e. The summed E-state index contributed by atoms with van der Waals surface area (Å²) in [5.74, 6) is 1.53. The van der Waals surface area contributed by atoms with Gasteiger partial charge in [0.2, 0.25) is 11.0 Å². The lowest BCUT2D eigenvalue weighted by Gasteiger charge is -2.18.